The highest BCUT2D eigenvalue weighted by Gasteiger charge is 2.17. The molecule has 0 spiro atoms. The molecule has 180 valence electrons. The number of hydrogen-bond acceptors (Lipinski definition) is 9. The van der Waals surface area contributed by atoms with Crippen LogP contribution in [0.1, 0.15) is 5.56 Å². The molecule has 5 rings (SSSR count). The standard InChI is InChI=1S/C26H29N7O2/c1-31(22-4-2-3-20(15-22)19-27)25-5-6-28-26(30-25)29-21-16-23(32-7-11-34-12-8-32)18-24(17-21)33-9-13-35-14-10-33/h2-6,15-18H,7-14H2,1H3,(H,28,29,30). The van der Waals surface area contributed by atoms with Crippen molar-refractivity contribution in [2.24, 2.45) is 0 Å². The summed E-state index contributed by atoms with van der Waals surface area (Å²) in [7, 11) is 1.93. The van der Waals surface area contributed by atoms with E-state index in [4.69, 9.17) is 14.5 Å². The first-order valence-electron chi connectivity index (χ1n) is 11.8. The smallest absolute Gasteiger partial charge is 0.229 e. The molecule has 2 aromatic carbocycles. The summed E-state index contributed by atoms with van der Waals surface area (Å²) in [6, 6.07) is 18.0. The zero-order valence-electron chi connectivity index (χ0n) is 19.9. The van der Waals surface area contributed by atoms with Crippen molar-refractivity contribution in [3.63, 3.8) is 0 Å². The monoisotopic (exact) mass is 471 g/mol. The second-order valence-electron chi connectivity index (χ2n) is 8.52. The molecule has 2 aliphatic heterocycles. The van der Waals surface area contributed by atoms with E-state index in [-0.39, 0.29) is 0 Å². The Hall–Kier alpha value is -3.87. The molecule has 2 aliphatic rings. The van der Waals surface area contributed by atoms with Crippen LogP contribution in [0.2, 0.25) is 0 Å². The van der Waals surface area contributed by atoms with Gasteiger partial charge in [-0.3, -0.25) is 0 Å². The van der Waals surface area contributed by atoms with Crippen molar-refractivity contribution >= 4 is 34.5 Å². The molecule has 35 heavy (non-hydrogen) atoms. The largest absolute Gasteiger partial charge is 0.378 e. The predicted octanol–water partition coefficient (Wildman–Crippen LogP) is 3.53. The van der Waals surface area contributed by atoms with Crippen molar-refractivity contribution in [2.75, 3.05) is 79.7 Å². The Bertz CT molecular complexity index is 1160. The van der Waals surface area contributed by atoms with Gasteiger partial charge < -0.3 is 29.5 Å². The first kappa shape index (κ1) is 22.9. The van der Waals surface area contributed by atoms with Gasteiger partial charge in [0, 0.05) is 62.2 Å². The zero-order valence-corrected chi connectivity index (χ0v) is 19.9. The van der Waals surface area contributed by atoms with Crippen LogP contribution in [0.4, 0.5) is 34.5 Å². The third kappa shape index (κ3) is 5.45. The molecule has 1 N–H and O–H groups in total. The summed E-state index contributed by atoms with van der Waals surface area (Å²) in [6.07, 6.45) is 1.74. The Morgan fingerprint density at radius 3 is 2.20 bits per heavy atom. The van der Waals surface area contributed by atoms with Crippen molar-refractivity contribution in [3.05, 3.63) is 60.3 Å². The number of ether oxygens (including phenoxy) is 2. The van der Waals surface area contributed by atoms with E-state index in [9.17, 15) is 5.26 Å². The fourth-order valence-corrected chi connectivity index (χ4v) is 4.32. The maximum atomic E-state index is 9.23. The van der Waals surface area contributed by atoms with Crippen molar-refractivity contribution in [2.45, 2.75) is 0 Å². The topological polar surface area (TPSA) is 89.8 Å². The van der Waals surface area contributed by atoms with Crippen LogP contribution in [0.5, 0.6) is 0 Å². The fourth-order valence-electron chi connectivity index (χ4n) is 4.32. The molecule has 0 radical (unpaired) electrons. The van der Waals surface area contributed by atoms with Crippen LogP contribution in [0.15, 0.2) is 54.7 Å². The molecule has 0 unspecified atom stereocenters. The highest BCUT2D eigenvalue weighted by atomic mass is 16.5. The van der Waals surface area contributed by atoms with Gasteiger partial charge in [-0.05, 0) is 42.5 Å². The van der Waals surface area contributed by atoms with Gasteiger partial charge >= 0.3 is 0 Å². The summed E-state index contributed by atoms with van der Waals surface area (Å²) in [5.74, 6) is 1.24. The van der Waals surface area contributed by atoms with E-state index in [1.165, 1.54) is 0 Å². The van der Waals surface area contributed by atoms with Crippen LogP contribution >= 0.6 is 0 Å². The molecule has 0 aliphatic carbocycles. The van der Waals surface area contributed by atoms with Gasteiger partial charge in [0.1, 0.15) is 5.82 Å². The summed E-state index contributed by atoms with van der Waals surface area (Å²) in [4.78, 5) is 15.8. The molecule has 9 nitrogen and oxygen atoms in total. The Balaban J connectivity index is 1.42. The van der Waals surface area contributed by atoms with Crippen molar-refractivity contribution in [1.82, 2.24) is 9.97 Å². The van der Waals surface area contributed by atoms with Gasteiger partial charge in [-0.1, -0.05) is 6.07 Å². The van der Waals surface area contributed by atoms with Crippen molar-refractivity contribution in [3.8, 4) is 6.07 Å². The third-order valence-electron chi connectivity index (χ3n) is 6.26. The molecule has 0 amide bonds. The van der Waals surface area contributed by atoms with Crippen molar-refractivity contribution < 1.29 is 9.47 Å². The summed E-state index contributed by atoms with van der Waals surface area (Å²) < 4.78 is 11.1. The first-order chi connectivity index (χ1) is 17.2. The van der Waals surface area contributed by atoms with Gasteiger partial charge in [-0.2, -0.15) is 10.2 Å². The lowest BCUT2D eigenvalue weighted by Gasteiger charge is -2.33. The van der Waals surface area contributed by atoms with Crippen LogP contribution in [0.3, 0.4) is 0 Å². The number of morpholine rings is 2. The molecule has 1 aromatic heterocycles. The molecular weight excluding hydrogens is 442 g/mol. The lowest BCUT2D eigenvalue weighted by molar-refractivity contribution is 0.122. The molecule has 0 atom stereocenters. The van der Waals surface area contributed by atoms with Gasteiger partial charge in [0.25, 0.3) is 0 Å². The second-order valence-corrected chi connectivity index (χ2v) is 8.52. The second kappa shape index (κ2) is 10.6. The summed E-state index contributed by atoms with van der Waals surface area (Å²) >= 11 is 0. The normalized spacial score (nSPS) is 16.0. The van der Waals surface area contributed by atoms with Crippen LogP contribution in [0, 0.1) is 11.3 Å². The molecule has 3 heterocycles. The van der Waals surface area contributed by atoms with Crippen LogP contribution in [0.25, 0.3) is 0 Å². The Morgan fingerprint density at radius 2 is 1.57 bits per heavy atom. The molecule has 2 saturated heterocycles. The van der Waals surface area contributed by atoms with Gasteiger partial charge in [-0.15, -0.1) is 0 Å². The number of aromatic nitrogens is 2. The maximum Gasteiger partial charge on any atom is 0.229 e. The maximum absolute atomic E-state index is 9.23. The van der Waals surface area contributed by atoms with E-state index in [0.717, 1.165) is 81.2 Å². The minimum absolute atomic E-state index is 0.512. The highest BCUT2D eigenvalue weighted by Crippen LogP contribution is 2.31. The Morgan fingerprint density at radius 1 is 0.914 bits per heavy atom. The van der Waals surface area contributed by atoms with Gasteiger partial charge in [0.15, 0.2) is 0 Å². The van der Waals surface area contributed by atoms with Crippen LogP contribution < -0.4 is 20.0 Å². The average Bonchev–Trinajstić information content (AvgIpc) is 2.93. The van der Waals surface area contributed by atoms with Crippen LogP contribution in [-0.2, 0) is 9.47 Å². The molecule has 9 heteroatoms. The van der Waals surface area contributed by atoms with E-state index in [1.54, 1.807) is 12.3 Å². The predicted molar refractivity (Wildman–Crippen MR) is 137 cm³/mol. The van der Waals surface area contributed by atoms with Gasteiger partial charge in [0.2, 0.25) is 5.95 Å². The fraction of sp³-hybridized carbons (Fsp3) is 0.346. The van der Waals surface area contributed by atoms with Gasteiger partial charge in [0.05, 0.1) is 38.1 Å². The van der Waals surface area contributed by atoms with Crippen molar-refractivity contribution in [1.29, 1.82) is 5.26 Å². The number of rotatable bonds is 6. The Labute approximate surface area is 205 Å². The minimum atomic E-state index is 0.512. The summed E-state index contributed by atoms with van der Waals surface area (Å²) in [5.41, 5.74) is 4.74. The number of nitrogens with one attached hydrogen (secondary N) is 1. The van der Waals surface area contributed by atoms with E-state index >= 15 is 0 Å². The van der Waals surface area contributed by atoms with E-state index < -0.39 is 0 Å². The highest BCUT2D eigenvalue weighted by molar-refractivity contribution is 5.72. The van der Waals surface area contributed by atoms with E-state index in [1.807, 2.05) is 36.2 Å². The Kier molecular flexibility index (Phi) is 6.93. The number of hydrogen-bond donors (Lipinski definition) is 1. The van der Waals surface area contributed by atoms with Crippen LogP contribution in [-0.4, -0.2) is 69.6 Å². The average molecular weight is 472 g/mol. The lowest BCUT2D eigenvalue weighted by Crippen LogP contribution is -2.38. The molecule has 0 saturated carbocycles. The summed E-state index contributed by atoms with van der Waals surface area (Å²) in [6.45, 7) is 6.39. The third-order valence-corrected chi connectivity index (χ3v) is 6.26. The molecular formula is C26H29N7O2. The van der Waals surface area contributed by atoms with Gasteiger partial charge in [-0.25, -0.2) is 4.98 Å². The number of benzene rings is 2. The number of nitrogens with zero attached hydrogens (tertiary/aromatic N) is 6. The molecule has 0 bridgehead atoms. The lowest BCUT2D eigenvalue weighted by atomic mass is 10.2. The molecule has 2 fully saturated rings. The zero-order chi connectivity index (χ0) is 24.0. The quantitative estimate of drug-likeness (QED) is 0.580. The van der Waals surface area contributed by atoms with E-state index in [2.05, 4.69) is 44.4 Å². The number of anilines is 6. The van der Waals surface area contributed by atoms with E-state index in [0.29, 0.717) is 11.5 Å². The molecule has 3 aromatic rings. The summed E-state index contributed by atoms with van der Waals surface area (Å²) in [5, 5.41) is 12.6. The number of nitriles is 1. The minimum Gasteiger partial charge on any atom is -0.378 e. The SMILES string of the molecule is CN(c1cccc(C#N)c1)c1ccnc(Nc2cc(N3CCOCC3)cc(N3CCOCC3)c2)n1. The first-order valence-corrected chi connectivity index (χ1v) is 11.8.